The molecule has 0 aliphatic carbocycles. The highest BCUT2D eigenvalue weighted by Gasteiger charge is 2.23. The van der Waals surface area contributed by atoms with Crippen LogP contribution in [0.2, 0.25) is 0 Å². The van der Waals surface area contributed by atoms with Gasteiger partial charge in [-0.1, -0.05) is 231 Å². The van der Waals surface area contributed by atoms with Gasteiger partial charge in [-0.05, 0) is 123 Å². The van der Waals surface area contributed by atoms with Crippen molar-refractivity contribution in [2.75, 3.05) is 0 Å². The first kappa shape index (κ1) is 49.5. The van der Waals surface area contributed by atoms with Crippen LogP contribution in [0.1, 0.15) is 0 Å². The van der Waals surface area contributed by atoms with E-state index in [0.717, 1.165) is 105 Å². The summed E-state index contributed by atoms with van der Waals surface area (Å²) in [6.45, 7) is 0. The van der Waals surface area contributed by atoms with E-state index in [0.29, 0.717) is 17.7 Å². The molecule has 18 rings (SSSR count). The van der Waals surface area contributed by atoms with Crippen LogP contribution in [0.5, 0.6) is 0 Å². The monoisotopic (exact) mass is 1120 g/mol. The SMILES string of the molecule is c1ccc(-c2ccc(-c3cccc(-c4nc(-n5c6ccccc6c6ccc(-c7ccc8c9ccccc9n(-c9ccccc9)c8c7)cc65)nc(-n5c6ccccc6c6ccc(-c7ccc8c9ccccc9n(-c9ccccc9)c8c7)cc65)n4)c3)cc2)cc1. The third-order valence-corrected chi connectivity index (χ3v) is 17.8. The van der Waals surface area contributed by atoms with E-state index in [9.17, 15) is 0 Å². The minimum atomic E-state index is 0.516. The number of benzene rings is 13. The molecule has 7 nitrogen and oxygen atoms in total. The Labute approximate surface area is 506 Å². The standard InChI is InChI=1S/C81H51N7/c1-4-19-52(20-5-1)53-35-37-54(38-36-53)55-21-18-22-60(47-55)79-82-80(87-73-33-16-12-29-65(73)69-45-41-58(50-77(69)87)56-39-43-67-63-27-10-14-31-71(63)85(75(67)48-56)61-23-6-2-7-24-61)84-81(83-79)88-74-34-17-13-30-66(74)70-46-42-59(51-78(70)88)57-40-44-68-64-28-11-15-32-72(64)86(76(68)49-57)62-25-8-3-9-26-62/h1-51H. The van der Waals surface area contributed by atoms with Crippen molar-refractivity contribution in [3.05, 3.63) is 309 Å². The second kappa shape index (κ2) is 19.8. The summed E-state index contributed by atoms with van der Waals surface area (Å²) in [5.41, 5.74) is 20.7. The number of nitrogens with zero attached hydrogens (tertiary/aromatic N) is 7. The lowest BCUT2D eigenvalue weighted by atomic mass is 9.99. The van der Waals surface area contributed by atoms with E-state index < -0.39 is 0 Å². The Kier molecular flexibility index (Phi) is 11.2. The lowest BCUT2D eigenvalue weighted by Gasteiger charge is -2.14. The number of para-hydroxylation sites is 6. The van der Waals surface area contributed by atoms with Crippen molar-refractivity contribution in [2.24, 2.45) is 0 Å². The van der Waals surface area contributed by atoms with Crippen LogP contribution >= 0.6 is 0 Å². The van der Waals surface area contributed by atoms with Gasteiger partial charge in [-0.25, -0.2) is 0 Å². The fraction of sp³-hybridized carbons (Fsp3) is 0. The molecule has 0 spiro atoms. The maximum atomic E-state index is 5.69. The van der Waals surface area contributed by atoms with Gasteiger partial charge in [-0.3, -0.25) is 9.13 Å². The molecule has 0 fully saturated rings. The van der Waals surface area contributed by atoms with Gasteiger partial charge >= 0.3 is 0 Å². The average molecular weight is 1120 g/mol. The van der Waals surface area contributed by atoms with E-state index in [1.807, 2.05) is 0 Å². The van der Waals surface area contributed by atoms with Crippen molar-refractivity contribution in [2.45, 2.75) is 0 Å². The van der Waals surface area contributed by atoms with Gasteiger partial charge in [0.25, 0.3) is 0 Å². The summed E-state index contributed by atoms with van der Waals surface area (Å²) in [7, 11) is 0. The van der Waals surface area contributed by atoms with Gasteiger partial charge in [0, 0.05) is 60.0 Å². The van der Waals surface area contributed by atoms with E-state index in [-0.39, 0.29) is 0 Å². The topological polar surface area (TPSA) is 58.4 Å². The van der Waals surface area contributed by atoms with Crippen LogP contribution in [0.3, 0.4) is 0 Å². The second-order valence-electron chi connectivity index (χ2n) is 22.8. The molecule has 0 unspecified atom stereocenters. The third-order valence-electron chi connectivity index (χ3n) is 17.8. The molecule has 5 aromatic heterocycles. The van der Waals surface area contributed by atoms with Gasteiger partial charge in [0.15, 0.2) is 5.82 Å². The molecular weight excluding hydrogens is 1070 g/mol. The van der Waals surface area contributed by atoms with E-state index in [1.54, 1.807) is 0 Å². The summed E-state index contributed by atoms with van der Waals surface area (Å²) < 4.78 is 9.26. The molecule has 0 aliphatic rings. The van der Waals surface area contributed by atoms with Crippen molar-refractivity contribution in [3.8, 4) is 79.2 Å². The molecule has 0 bridgehead atoms. The zero-order chi connectivity index (χ0) is 57.8. The fourth-order valence-corrected chi connectivity index (χ4v) is 13.7. The smallest absolute Gasteiger partial charge is 0.240 e. The molecule has 0 amide bonds. The molecular formula is C81H51N7. The highest BCUT2D eigenvalue weighted by molar-refractivity contribution is 6.14. The number of hydrogen-bond donors (Lipinski definition) is 0. The number of aromatic nitrogens is 7. The van der Waals surface area contributed by atoms with Crippen molar-refractivity contribution in [1.82, 2.24) is 33.2 Å². The maximum Gasteiger partial charge on any atom is 0.240 e. The molecule has 0 aliphatic heterocycles. The summed E-state index contributed by atoms with van der Waals surface area (Å²) in [4.78, 5) is 16.9. The summed E-state index contributed by atoms with van der Waals surface area (Å²) in [6.07, 6.45) is 0. The van der Waals surface area contributed by atoms with Crippen LogP contribution in [0, 0.1) is 0 Å². The summed E-state index contributed by atoms with van der Waals surface area (Å²) in [5, 5.41) is 9.29. The fourth-order valence-electron chi connectivity index (χ4n) is 13.7. The Balaban J connectivity index is 0.854. The Morgan fingerprint density at radius 2 is 0.443 bits per heavy atom. The number of rotatable bonds is 9. The van der Waals surface area contributed by atoms with Crippen molar-refractivity contribution < 1.29 is 0 Å². The van der Waals surface area contributed by atoms with Crippen LogP contribution < -0.4 is 0 Å². The quantitative estimate of drug-likeness (QED) is 0.145. The second-order valence-corrected chi connectivity index (χ2v) is 22.8. The number of fused-ring (bicyclic) bond motifs is 12. The van der Waals surface area contributed by atoms with E-state index >= 15 is 0 Å². The highest BCUT2D eigenvalue weighted by atomic mass is 15.3. The first-order chi connectivity index (χ1) is 43.6. The van der Waals surface area contributed by atoms with Gasteiger partial charge in [0.05, 0.1) is 44.1 Å². The van der Waals surface area contributed by atoms with E-state index in [2.05, 4.69) is 328 Å². The molecule has 0 saturated carbocycles. The Bertz CT molecular complexity index is 5500. The average Bonchev–Trinajstić information content (AvgIpc) is 1.69. The summed E-state index contributed by atoms with van der Waals surface area (Å²) in [6, 6.07) is 111. The highest BCUT2D eigenvalue weighted by Crippen LogP contribution is 2.42. The largest absolute Gasteiger partial charge is 0.309 e. The molecule has 7 heteroatoms. The molecule has 410 valence electrons. The van der Waals surface area contributed by atoms with Gasteiger partial charge in [0.2, 0.25) is 11.9 Å². The Morgan fingerprint density at radius 3 is 0.852 bits per heavy atom. The first-order valence-corrected chi connectivity index (χ1v) is 29.9. The van der Waals surface area contributed by atoms with Crippen LogP contribution in [0.15, 0.2) is 309 Å². The predicted molar refractivity (Wildman–Crippen MR) is 364 cm³/mol. The molecule has 18 aromatic rings. The molecule has 88 heavy (non-hydrogen) atoms. The molecule has 0 atom stereocenters. The van der Waals surface area contributed by atoms with Gasteiger partial charge in [-0.2, -0.15) is 15.0 Å². The van der Waals surface area contributed by atoms with E-state index in [1.165, 1.54) is 43.7 Å². The molecule has 0 radical (unpaired) electrons. The van der Waals surface area contributed by atoms with Crippen LogP contribution in [0.4, 0.5) is 0 Å². The molecule has 13 aromatic carbocycles. The zero-order valence-corrected chi connectivity index (χ0v) is 47.6. The van der Waals surface area contributed by atoms with Crippen molar-refractivity contribution in [1.29, 1.82) is 0 Å². The third kappa shape index (κ3) is 7.88. The van der Waals surface area contributed by atoms with Gasteiger partial charge in [-0.15, -0.1) is 0 Å². The lowest BCUT2D eigenvalue weighted by Crippen LogP contribution is -2.10. The van der Waals surface area contributed by atoms with Crippen LogP contribution in [-0.2, 0) is 0 Å². The maximum absolute atomic E-state index is 5.69. The molecule has 5 heterocycles. The van der Waals surface area contributed by atoms with Crippen LogP contribution in [-0.4, -0.2) is 33.2 Å². The van der Waals surface area contributed by atoms with Crippen molar-refractivity contribution >= 4 is 87.2 Å². The number of hydrogen-bond acceptors (Lipinski definition) is 3. The Morgan fingerprint density at radius 1 is 0.170 bits per heavy atom. The minimum Gasteiger partial charge on any atom is -0.309 e. The normalized spacial score (nSPS) is 11.9. The lowest BCUT2D eigenvalue weighted by molar-refractivity contribution is 0.893. The van der Waals surface area contributed by atoms with Crippen LogP contribution in [0.25, 0.3) is 166 Å². The first-order valence-electron chi connectivity index (χ1n) is 29.9. The van der Waals surface area contributed by atoms with Gasteiger partial charge in [0.1, 0.15) is 0 Å². The van der Waals surface area contributed by atoms with Crippen molar-refractivity contribution in [3.63, 3.8) is 0 Å². The zero-order valence-electron chi connectivity index (χ0n) is 47.6. The molecule has 0 N–H and O–H groups in total. The predicted octanol–water partition coefficient (Wildman–Crippen LogP) is 20.6. The molecule has 0 saturated heterocycles. The minimum absolute atomic E-state index is 0.516. The van der Waals surface area contributed by atoms with Gasteiger partial charge < -0.3 is 9.13 Å². The van der Waals surface area contributed by atoms with E-state index in [4.69, 9.17) is 15.0 Å². The summed E-state index contributed by atoms with van der Waals surface area (Å²) in [5.74, 6) is 1.59. The summed E-state index contributed by atoms with van der Waals surface area (Å²) >= 11 is 0. The Hall–Kier alpha value is -11.9.